The molecule has 8 nitrogen and oxygen atoms in total. The van der Waals surface area contributed by atoms with Gasteiger partial charge in [-0.1, -0.05) is 12.1 Å². The van der Waals surface area contributed by atoms with Crippen LogP contribution in [-0.4, -0.2) is 29.1 Å². The highest BCUT2D eigenvalue weighted by Gasteiger charge is 2.34. The average molecular weight is 329 g/mol. The van der Waals surface area contributed by atoms with Crippen LogP contribution < -0.4 is 0 Å². The van der Waals surface area contributed by atoms with Gasteiger partial charge in [-0.05, 0) is 12.1 Å². The smallest absolute Gasteiger partial charge is 0.342 e. The Balaban J connectivity index is 2.45. The van der Waals surface area contributed by atoms with Crippen LogP contribution in [0.2, 0.25) is 0 Å². The zero-order chi connectivity index (χ0) is 17.4. The van der Waals surface area contributed by atoms with Crippen molar-refractivity contribution in [3.05, 3.63) is 57.1 Å². The Kier molecular flexibility index (Phi) is 3.64. The van der Waals surface area contributed by atoms with Crippen LogP contribution >= 0.6 is 0 Å². The maximum absolute atomic E-state index is 12.1. The molecule has 1 aliphatic rings. The largest absolute Gasteiger partial charge is 0.507 e. The van der Waals surface area contributed by atoms with Crippen molar-refractivity contribution in [1.29, 1.82) is 0 Å². The minimum Gasteiger partial charge on any atom is -0.507 e. The second-order valence-corrected chi connectivity index (χ2v) is 5.02. The molecular formula is C16H11NO7. The van der Waals surface area contributed by atoms with E-state index in [4.69, 9.17) is 4.74 Å². The number of fused-ring (bicyclic) bond motifs is 1. The summed E-state index contributed by atoms with van der Waals surface area (Å²) in [7, 11) is 1.11. The van der Waals surface area contributed by atoms with Crippen LogP contribution in [0.25, 0.3) is 11.1 Å². The van der Waals surface area contributed by atoms with Crippen molar-refractivity contribution in [3.8, 4) is 16.9 Å². The number of phenolic OH excluding ortho intramolecular Hbond substituents is 1. The number of ether oxygens (including phenoxy) is 2. The number of hydrogen-bond donors (Lipinski definition) is 1. The third-order valence-corrected chi connectivity index (χ3v) is 3.71. The maximum Gasteiger partial charge on any atom is 0.342 e. The summed E-state index contributed by atoms with van der Waals surface area (Å²) in [4.78, 5) is 34.9. The maximum atomic E-state index is 12.1. The van der Waals surface area contributed by atoms with E-state index in [0.29, 0.717) is 5.56 Å². The van der Waals surface area contributed by atoms with Gasteiger partial charge in [0.25, 0.3) is 5.69 Å². The highest BCUT2D eigenvalue weighted by atomic mass is 16.6. The third kappa shape index (κ3) is 2.24. The molecule has 0 spiro atoms. The number of esters is 2. The molecule has 8 heteroatoms. The Morgan fingerprint density at radius 2 is 2.04 bits per heavy atom. The van der Waals surface area contributed by atoms with Gasteiger partial charge in [-0.25, -0.2) is 9.59 Å². The molecule has 2 aromatic carbocycles. The fourth-order valence-electron chi connectivity index (χ4n) is 2.71. The lowest BCUT2D eigenvalue weighted by molar-refractivity contribution is -0.384. The summed E-state index contributed by atoms with van der Waals surface area (Å²) in [5.41, 5.74) is -0.305. The molecule has 0 aromatic heterocycles. The Labute approximate surface area is 135 Å². The van der Waals surface area contributed by atoms with Crippen LogP contribution in [-0.2, 0) is 16.1 Å². The highest BCUT2D eigenvalue weighted by Crippen LogP contribution is 2.42. The summed E-state index contributed by atoms with van der Waals surface area (Å²) in [5, 5.41) is 21.5. The van der Waals surface area contributed by atoms with Crippen molar-refractivity contribution in [2.24, 2.45) is 0 Å². The molecule has 3 rings (SSSR count). The number of rotatable bonds is 3. The molecule has 0 saturated heterocycles. The van der Waals surface area contributed by atoms with Crippen molar-refractivity contribution < 1.29 is 29.1 Å². The quantitative estimate of drug-likeness (QED) is 0.522. The van der Waals surface area contributed by atoms with Crippen molar-refractivity contribution in [3.63, 3.8) is 0 Å². The molecule has 24 heavy (non-hydrogen) atoms. The van der Waals surface area contributed by atoms with E-state index >= 15 is 0 Å². The molecule has 1 aliphatic heterocycles. The summed E-state index contributed by atoms with van der Waals surface area (Å²) in [6.07, 6.45) is 0. The zero-order valence-corrected chi connectivity index (χ0v) is 12.4. The standard InChI is InChI=1S/C16H11NO7/c1-23-15(19)14-11(18)6-8-7-24-16(20)12(8)13(14)9-4-2-3-5-10(9)17(21)22/h2-6,18H,7H2,1H3. The van der Waals surface area contributed by atoms with Gasteiger partial charge >= 0.3 is 11.9 Å². The molecule has 0 aliphatic carbocycles. The van der Waals surface area contributed by atoms with Gasteiger partial charge in [0, 0.05) is 17.2 Å². The van der Waals surface area contributed by atoms with Crippen LogP contribution in [0.5, 0.6) is 5.75 Å². The molecule has 1 heterocycles. The minimum atomic E-state index is -0.914. The molecule has 122 valence electrons. The van der Waals surface area contributed by atoms with Crippen molar-refractivity contribution in [2.75, 3.05) is 7.11 Å². The van der Waals surface area contributed by atoms with Gasteiger partial charge in [-0.15, -0.1) is 0 Å². The van der Waals surface area contributed by atoms with E-state index in [-0.39, 0.29) is 34.5 Å². The number of aromatic hydroxyl groups is 1. The number of cyclic esters (lactones) is 1. The average Bonchev–Trinajstić information content (AvgIpc) is 2.93. The Hall–Kier alpha value is -3.42. The van der Waals surface area contributed by atoms with Gasteiger partial charge in [0.15, 0.2) is 0 Å². The van der Waals surface area contributed by atoms with E-state index in [9.17, 15) is 24.8 Å². The van der Waals surface area contributed by atoms with E-state index in [1.54, 1.807) is 0 Å². The van der Waals surface area contributed by atoms with Crippen LogP contribution in [0.4, 0.5) is 5.69 Å². The Morgan fingerprint density at radius 3 is 2.71 bits per heavy atom. The van der Waals surface area contributed by atoms with Crippen LogP contribution in [0, 0.1) is 10.1 Å². The molecule has 0 fully saturated rings. The number of para-hydroxylation sites is 1. The Bertz CT molecular complexity index is 888. The first-order chi connectivity index (χ1) is 11.5. The van der Waals surface area contributed by atoms with Crippen LogP contribution in [0.15, 0.2) is 30.3 Å². The normalized spacial score (nSPS) is 12.5. The number of nitro groups is 1. The summed E-state index contributed by atoms with van der Waals surface area (Å²) < 4.78 is 9.59. The fraction of sp³-hybridized carbons (Fsp3) is 0.125. The van der Waals surface area contributed by atoms with Gasteiger partial charge in [0.1, 0.15) is 17.9 Å². The van der Waals surface area contributed by atoms with Crippen molar-refractivity contribution in [2.45, 2.75) is 6.61 Å². The number of carbonyl (C=O) groups excluding carboxylic acids is 2. The molecule has 0 saturated carbocycles. The molecule has 0 amide bonds. The Morgan fingerprint density at radius 1 is 1.33 bits per heavy atom. The molecule has 0 unspecified atom stereocenters. The fourth-order valence-corrected chi connectivity index (χ4v) is 2.71. The molecule has 2 aromatic rings. The summed E-state index contributed by atoms with van der Waals surface area (Å²) in [6.45, 7) is -0.0865. The monoisotopic (exact) mass is 329 g/mol. The number of phenols is 1. The first kappa shape index (κ1) is 15.5. The van der Waals surface area contributed by atoms with Gasteiger partial charge in [0.2, 0.25) is 0 Å². The second-order valence-electron chi connectivity index (χ2n) is 5.02. The lowest BCUT2D eigenvalue weighted by atomic mass is 9.90. The molecule has 1 N–H and O–H groups in total. The van der Waals surface area contributed by atoms with E-state index < -0.39 is 22.6 Å². The number of methoxy groups -OCH3 is 1. The topological polar surface area (TPSA) is 116 Å². The summed E-state index contributed by atoms with van der Waals surface area (Å²) in [6, 6.07) is 6.85. The molecule has 0 atom stereocenters. The minimum absolute atomic E-state index is 0.0162. The number of benzene rings is 2. The predicted molar refractivity (Wildman–Crippen MR) is 80.7 cm³/mol. The van der Waals surface area contributed by atoms with Crippen molar-refractivity contribution >= 4 is 17.6 Å². The van der Waals surface area contributed by atoms with Gasteiger partial charge in [0.05, 0.1) is 23.2 Å². The van der Waals surface area contributed by atoms with Crippen LogP contribution in [0.1, 0.15) is 26.3 Å². The number of carbonyl (C=O) groups is 2. The van der Waals surface area contributed by atoms with Gasteiger partial charge < -0.3 is 14.6 Å². The van der Waals surface area contributed by atoms with Crippen molar-refractivity contribution in [1.82, 2.24) is 0 Å². The third-order valence-electron chi connectivity index (χ3n) is 3.71. The van der Waals surface area contributed by atoms with E-state index in [1.165, 1.54) is 30.3 Å². The molecule has 0 bridgehead atoms. The lowest BCUT2D eigenvalue weighted by Gasteiger charge is -2.13. The number of nitro benzene ring substituents is 1. The first-order valence-corrected chi connectivity index (χ1v) is 6.83. The SMILES string of the molecule is COC(=O)c1c(O)cc2c(c1-c1ccccc1[N+](=O)[O-])C(=O)OC2. The van der Waals surface area contributed by atoms with Gasteiger partial charge in [-0.3, -0.25) is 10.1 Å². The number of hydrogen-bond acceptors (Lipinski definition) is 7. The van der Waals surface area contributed by atoms with Crippen LogP contribution in [0.3, 0.4) is 0 Å². The summed E-state index contributed by atoms with van der Waals surface area (Å²) >= 11 is 0. The van der Waals surface area contributed by atoms with E-state index in [2.05, 4.69) is 4.74 Å². The first-order valence-electron chi connectivity index (χ1n) is 6.83. The second kappa shape index (κ2) is 5.65. The summed E-state index contributed by atoms with van der Waals surface area (Å²) in [5.74, 6) is -2.07. The number of nitrogens with zero attached hydrogens (tertiary/aromatic N) is 1. The van der Waals surface area contributed by atoms with E-state index in [1.807, 2.05) is 0 Å². The molecular weight excluding hydrogens is 318 g/mol. The highest BCUT2D eigenvalue weighted by molar-refractivity contribution is 6.10. The predicted octanol–water partition coefficient (Wildman–Crippen LogP) is 2.42. The molecule has 0 radical (unpaired) electrons. The lowest BCUT2D eigenvalue weighted by Crippen LogP contribution is -2.09. The zero-order valence-electron chi connectivity index (χ0n) is 12.4. The van der Waals surface area contributed by atoms with E-state index in [0.717, 1.165) is 7.11 Å². The van der Waals surface area contributed by atoms with Gasteiger partial charge in [-0.2, -0.15) is 0 Å².